The molecule has 0 bridgehead atoms. The van der Waals surface area contributed by atoms with Crippen LogP contribution in [0.4, 0.5) is 0 Å². The lowest BCUT2D eigenvalue weighted by Crippen LogP contribution is -2.28. The zero-order valence-corrected chi connectivity index (χ0v) is 11.2. The van der Waals surface area contributed by atoms with E-state index in [1.54, 1.807) is 13.2 Å². The standard InChI is InChI=1S/C10H14BrNO2S/c1-7(5-11)6-12-10(13)9-8(14-2)3-4-15-9/h3-4,7H,5-6H2,1-2H3,(H,12,13). The van der Waals surface area contributed by atoms with Gasteiger partial charge in [-0.25, -0.2) is 0 Å². The minimum atomic E-state index is -0.0605. The normalized spacial score (nSPS) is 12.2. The maximum absolute atomic E-state index is 11.7. The van der Waals surface area contributed by atoms with E-state index in [1.807, 2.05) is 5.38 Å². The first-order valence-corrected chi connectivity index (χ1v) is 6.64. The summed E-state index contributed by atoms with van der Waals surface area (Å²) in [4.78, 5) is 12.3. The van der Waals surface area contributed by atoms with Crippen LogP contribution < -0.4 is 10.1 Å². The monoisotopic (exact) mass is 291 g/mol. The Morgan fingerprint density at radius 1 is 1.73 bits per heavy atom. The lowest BCUT2D eigenvalue weighted by atomic mass is 10.2. The third-order valence-electron chi connectivity index (χ3n) is 1.93. The van der Waals surface area contributed by atoms with E-state index in [-0.39, 0.29) is 5.91 Å². The van der Waals surface area contributed by atoms with E-state index in [2.05, 4.69) is 28.2 Å². The predicted octanol–water partition coefficient (Wildman–Crippen LogP) is 2.52. The molecule has 0 radical (unpaired) electrons. The molecule has 1 amide bonds. The Morgan fingerprint density at radius 3 is 3.07 bits per heavy atom. The molecule has 0 aromatic carbocycles. The smallest absolute Gasteiger partial charge is 0.265 e. The number of thiophene rings is 1. The molecule has 1 heterocycles. The summed E-state index contributed by atoms with van der Waals surface area (Å²) in [5, 5.41) is 5.60. The van der Waals surface area contributed by atoms with Crippen molar-refractivity contribution < 1.29 is 9.53 Å². The van der Waals surface area contributed by atoms with Crippen molar-refractivity contribution in [2.24, 2.45) is 5.92 Å². The summed E-state index contributed by atoms with van der Waals surface area (Å²) >= 11 is 4.76. The van der Waals surface area contributed by atoms with Gasteiger partial charge >= 0.3 is 0 Å². The average molecular weight is 292 g/mol. The zero-order valence-electron chi connectivity index (χ0n) is 8.75. The first-order valence-electron chi connectivity index (χ1n) is 4.64. The number of hydrogen-bond donors (Lipinski definition) is 1. The molecule has 1 atom stereocenters. The quantitative estimate of drug-likeness (QED) is 0.847. The van der Waals surface area contributed by atoms with Crippen molar-refractivity contribution in [1.82, 2.24) is 5.32 Å². The van der Waals surface area contributed by atoms with E-state index < -0.39 is 0 Å². The van der Waals surface area contributed by atoms with Crippen LogP contribution in [-0.4, -0.2) is 24.9 Å². The van der Waals surface area contributed by atoms with Crippen LogP contribution in [0.25, 0.3) is 0 Å². The van der Waals surface area contributed by atoms with Crippen LogP contribution in [0, 0.1) is 5.92 Å². The molecule has 15 heavy (non-hydrogen) atoms. The van der Waals surface area contributed by atoms with Gasteiger partial charge in [-0.15, -0.1) is 11.3 Å². The van der Waals surface area contributed by atoms with Crippen LogP contribution in [0.5, 0.6) is 5.75 Å². The molecular weight excluding hydrogens is 278 g/mol. The molecule has 84 valence electrons. The summed E-state index contributed by atoms with van der Waals surface area (Å²) in [5.74, 6) is 1.01. The summed E-state index contributed by atoms with van der Waals surface area (Å²) < 4.78 is 5.08. The number of carbonyl (C=O) groups is 1. The van der Waals surface area contributed by atoms with Gasteiger partial charge in [-0.2, -0.15) is 0 Å². The van der Waals surface area contributed by atoms with Crippen molar-refractivity contribution in [2.45, 2.75) is 6.92 Å². The van der Waals surface area contributed by atoms with Gasteiger partial charge in [0.2, 0.25) is 0 Å². The molecule has 1 aromatic rings. The van der Waals surface area contributed by atoms with E-state index in [1.165, 1.54) is 11.3 Å². The molecule has 1 aromatic heterocycles. The topological polar surface area (TPSA) is 38.3 Å². The second-order valence-electron chi connectivity index (χ2n) is 3.29. The highest BCUT2D eigenvalue weighted by atomic mass is 79.9. The summed E-state index contributed by atoms with van der Waals surface area (Å²) in [6.45, 7) is 2.74. The van der Waals surface area contributed by atoms with Crippen molar-refractivity contribution in [2.75, 3.05) is 19.0 Å². The summed E-state index contributed by atoms with van der Waals surface area (Å²) in [6, 6.07) is 1.80. The van der Waals surface area contributed by atoms with Crippen molar-refractivity contribution >= 4 is 33.2 Å². The number of methoxy groups -OCH3 is 1. The minimum Gasteiger partial charge on any atom is -0.495 e. The van der Waals surface area contributed by atoms with Crippen molar-refractivity contribution in [3.8, 4) is 5.75 Å². The largest absolute Gasteiger partial charge is 0.495 e. The van der Waals surface area contributed by atoms with E-state index >= 15 is 0 Å². The third kappa shape index (κ3) is 3.50. The Labute approximate surface area is 102 Å². The van der Waals surface area contributed by atoms with E-state index in [9.17, 15) is 4.79 Å². The molecule has 0 aliphatic carbocycles. The molecule has 3 nitrogen and oxygen atoms in total. The van der Waals surface area contributed by atoms with E-state index in [0.717, 1.165) is 5.33 Å². The molecule has 1 rings (SSSR count). The molecular formula is C10H14BrNO2S. The lowest BCUT2D eigenvalue weighted by molar-refractivity contribution is 0.0950. The summed E-state index contributed by atoms with van der Waals surface area (Å²) in [5.41, 5.74) is 0. The Bertz CT molecular complexity index is 327. The summed E-state index contributed by atoms with van der Waals surface area (Å²) in [6.07, 6.45) is 0. The SMILES string of the molecule is COc1ccsc1C(=O)NCC(C)CBr. The highest BCUT2D eigenvalue weighted by Gasteiger charge is 2.13. The van der Waals surface area contributed by atoms with Crippen LogP contribution in [-0.2, 0) is 0 Å². The highest BCUT2D eigenvalue weighted by Crippen LogP contribution is 2.23. The number of rotatable bonds is 5. The number of amides is 1. The highest BCUT2D eigenvalue weighted by molar-refractivity contribution is 9.09. The number of alkyl halides is 1. The fourth-order valence-electron chi connectivity index (χ4n) is 1.03. The Morgan fingerprint density at radius 2 is 2.47 bits per heavy atom. The first kappa shape index (κ1) is 12.5. The van der Waals surface area contributed by atoms with E-state index in [0.29, 0.717) is 23.1 Å². The molecule has 0 fully saturated rings. The van der Waals surface area contributed by atoms with Gasteiger partial charge in [-0.05, 0) is 17.4 Å². The maximum atomic E-state index is 11.7. The van der Waals surface area contributed by atoms with Crippen molar-refractivity contribution in [3.05, 3.63) is 16.3 Å². The fourth-order valence-corrected chi connectivity index (χ4v) is 2.03. The first-order chi connectivity index (χ1) is 7.19. The van der Waals surface area contributed by atoms with Crippen molar-refractivity contribution in [1.29, 1.82) is 0 Å². The van der Waals surface area contributed by atoms with Gasteiger partial charge in [0.15, 0.2) is 0 Å². The van der Waals surface area contributed by atoms with Crippen LogP contribution in [0.3, 0.4) is 0 Å². The van der Waals surface area contributed by atoms with Crippen LogP contribution in [0.1, 0.15) is 16.6 Å². The number of ether oxygens (including phenoxy) is 1. The summed E-state index contributed by atoms with van der Waals surface area (Å²) in [7, 11) is 1.57. The van der Waals surface area contributed by atoms with Crippen molar-refractivity contribution in [3.63, 3.8) is 0 Å². The Balaban J connectivity index is 2.54. The number of nitrogens with one attached hydrogen (secondary N) is 1. The minimum absolute atomic E-state index is 0.0605. The second-order valence-corrected chi connectivity index (χ2v) is 4.85. The molecule has 0 aliphatic heterocycles. The predicted molar refractivity (Wildman–Crippen MR) is 66.2 cm³/mol. The molecule has 1 N–H and O–H groups in total. The molecule has 5 heteroatoms. The van der Waals surface area contributed by atoms with Gasteiger partial charge in [0, 0.05) is 11.9 Å². The maximum Gasteiger partial charge on any atom is 0.265 e. The average Bonchev–Trinajstić information content (AvgIpc) is 2.73. The Hall–Kier alpha value is -0.550. The van der Waals surface area contributed by atoms with Gasteiger partial charge in [-0.3, -0.25) is 4.79 Å². The Kier molecular flexibility index (Phi) is 5.11. The van der Waals surface area contributed by atoms with Gasteiger partial charge in [0.25, 0.3) is 5.91 Å². The van der Waals surface area contributed by atoms with E-state index in [4.69, 9.17) is 4.74 Å². The van der Waals surface area contributed by atoms with Crippen LogP contribution in [0.2, 0.25) is 0 Å². The molecule has 0 saturated carbocycles. The van der Waals surface area contributed by atoms with Gasteiger partial charge in [-0.1, -0.05) is 22.9 Å². The molecule has 1 unspecified atom stereocenters. The van der Waals surface area contributed by atoms with Gasteiger partial charge in [0.05, 0.1) is 7.11 Å². The zero-order chi connectivity index (χ0) is 11.3. The molecule has 0 saturated heterocycles. The van der Waals surface area contributed by atoms with Gasteiger partial charge < -0.3 is 10.1 Å². The third-order valence-corrected chi connectivity index (χ3v) is 3.93. The molecule has 0 spiro atoms. The lowest BCUT2D eigenvalue weighted by Gasteiger charge is -2.09. The second kappa shape index (κ2) is 6.12. The van der Waals surface area contributed by atoms with Crippen LogP contribution >= 0.6 is 27.3 Å². The number of halogens is 1. The fraction of sp³-hybridized carbons (Fsp3) is 0.500. The van der Waals surface area contributed by atoms with Crippen LogP contribution in [0.15, 0.2) is 11.4 Å². The number of carbonyl (C=O) groups excluding carboxylic acids is 1. The number of hydrogen-bond acceptors (Lipinski definition) is 3. The van der Waals surface area contributed by atoms with Gasteiger partial charge in [0.1, 0.15) is 10.6 Å². The molecule has 0 aliphatic rings.